The summed E-state index contributed by atoms with van der Waals surface area (Å²) in [5, 5.41) is 3.18. The Hall–Kier alpha value is -1.63. The highest BCUT2D eigenvalue weighted by molar-refractivity contribution is 6.31. The predicted molar refractivity (Wildman–Crippen MR) is 83.9 cm³/mol. The first-order valence-electron chi connectivity index (χ1n) is 7.68. The van der Waals surface area contributed by atoms with Crippen molar-refractivity contribution in [1.29, 1.82) is 0 Å². The lowest BCUT2D eigenvalue weighted by Crippen LogP contribution is -2.61. The van der Waals surface area contributed by atoms with Crippen molar-refractivity contribution >= 4 is 25.3 Å². The SMILES string of the molecule is Bc1ncc(NC2=NC[C@@]3(CN4CCC3CC4)O2)nc1C. The Morgan fingerprint density at radius 2 is 2.24 bits per heavy atom. The molecule has 6 nitrogen and oxygen atoms in total. The van der Waals surface area contributed by atoms with E-state index in [0.717, 1.165) is 24.4 Å². The molecule has 0 saturated carbocycles. The average Bonchev–Trinajstić information content (AvgIpc) is 2.87. The van der Waals surface area contributed by atoms with Gasteiger partial charge in [0.1, 0.15) is 5.60 Å². The molecule has 0 amide bonds. The first-order valence-corrected chi connectivity index (χ1v) is 7.68. The molecule has 110 valence electrons. The van der Waals surface area contributed by atoms with E-state index in [1.165, 1.54) is 25.9 Å². The third-order valence-electron chi connectivity index (χ3n) is 5.04. The molecule has 1 aromatic rings. The lowest BCUT2D eigenvalue weighted by molar-refractivity contribution is -0.0829. The number of amidine groups is 1. The summed E-state index contributed by atoms with van der Waals surface area (Å²) in [6.45, 7) is 6.14. The normalized spacial score (nSPS) is 33.9. The summed E-state index contributed by atoms with van der Waals surface area (Å²) < 4.78 is 6.23. The van der Waals surface area contributed by atoms with E-state index in [-0.39, 0.29) is 5.60 Å². The molecular weight excluding hydrogens is 265 g/mol. The number of rotatable bonds is 1. The maximum Gasteiger partial charge on any atom is 0.291 e. The standard InChI is InChI=1S/C14H20BN5O/c1-9-12(15)16-6-11(18-9)19-13-17-7-14(21-13)8-20-4-2-10(14)3-5-20/h6,10H,2-5,7-8,15H2,1H3,(H,17,18,19)/t14-/m0/s1. The van der Waals surface area contributed by atoms with Gasteiger partial charge in [0.2, 0.25) is 0 Å². The zero-order valence-electron chi connectivity index (χ0n) is 12.6. The van der Waals surface area contributed by atoms with Gasteiger partial charge in [-0.1, -0.05) is 0 Å². The van der Waals surface area contributed by atoms with Crippen molar-refractivity contribution in [3.63, 3.8) is 0 Å². The zero-order valence-corrected chi connectivity index (χ0v) is 12.6. The highest BCUT2D eigenvalue weighted by Crippen LogP contribution is 2.40. The minimum absolute atomic E-state index is 0.105. The number of aromatic nitrogens is 2. The Bertz CT molecular complexity index is 599. The van der Waals surface area contributed by atoms with Crippen LogP contribution in [0.15, 0.2) is 11.2 Å². The van der Waals surface area contributed by atoms with E-state index in [9.17, 15) is 0 Å². The molecule has 1 aromatic heterocycles. The van der Waals surface area contributed by atoms with Gasteiger partial charge in [0.15, 0.2) is 13.7 Å². The maximum atomic E-state index is 6.23. The highest BCUT2D eigenvalue weighted by atomic mass is 16.5. The lowest BCUT2D eigenvalue weighted by Gasteiger charge is -2.50. The first kappa shape index (κ1) is 13.1. The summed E-state index contributed by atoms with van der Waals surface area (Å²) in [7, 11) is 1.96. The molecule has 0 aromatic carbocycles. The van der Waals surface area contributed by atoms with E-state index < -0.39 is 0 Å². The van der Waals surface area contributed by atoms with Gasteiger partial charge in [0, 0.05) is 18.1 Å². The lowest BCUT2D eigenvalue weighted by atomic mass is 9.75. The number of anilines is 1. The van der Waals surface area contributed by atoms with Gasteiger partial charge >= 0.3 is 0 Å². The van der Waals surface area contributed by atoms with Crippen LogP contribution in [0, 0.1) is 12.8 Å². The van der Waals surface area contributed by atoms with Crippen LogP contribution in [-0.4, -0.2) is 60.5 Å². The molecule has 4 aliphatic rings. The summed E-state index contributed by atoms with van der Waals surface area (Å²) in [6.07, 6.45) is 4.19. The molecular formula is C14H20BN5O. The molecule has 2 bridgehead atoms. The molecule has 1 spiro atoms. The molecule has 5 rings (SSSR count). The van der Waals surface area contributed by atoms with Crippen molar-refractivity contribution in [2.45, 2.75) is 25.4 Å². The molecule has 0 unspecified atom stereocenters. The molecule has 1 N–H and O–H groups in total. The van der Waals surface area contributed by atoms with Gasteiger partial charge in [-0.15, -0.1) is 0 Å². The molecule has 7 heteroatoms. The van der Waals surface area contributed by atoms with E-state index in [1.807, 2.05) is 14.8 Å². The highest BCUT2D eigenvalue weighted by Gasteiger charge is 2.51. The molecule has 1 atom stereocenters. The van der Waals surface area contributed by atoms with Gasteiger partial charge in [-0.25, -0.2) is 9.98 Å². The number of aliphatic imine (C=N–C) groups is 1. The number of fused-ring (bicyclic) bond motifs is 2. The van der Waals surface area contributed by atoms with Crippen molar-refractivity contribution in [1.82, 2.24) is 14.9 Å². The number of piperidine rings is 3. The van der Waals surface area contributed by atoms with Crippen LogP contribution in [0.1, 0.15) is 18.5 Å². The van der Waals surface area contributed by atoms with Crippen LogP contribution in [0.5, 0.6) is 0 Å². The molecule has 5 heterocycles. The van der Waals surface area contributed by atoms with E-state index in [0.29, 0.717) is 17.8 Å². The fourth-order valence-electron chi connectivity index (χ4n) is 3.66. The largest absolute Gasteiger partial charge is 0.455 e. The van der Waals surface area contributed by atoms with Crippen LogP contribution < -0.4 is 10.9 Å². The minimum atomic E-state index is -0.105. The van der Waals surface area contributed by atoms with Crippen molar-refractivity contribution in [3.8, 4) is 0 Å². The van der Waals surface area contributed by atoms with Crippen molar-refractivity contribution in [2.75, 3.05) is 31.5 Å². The van der Waals surface area contributed by atoms with Crippen molar-refractivity contribution < 1.29 is 4.74 Å². The second-order valence-electron chi connectivity index (χ2n) is 6.39. The summed E-state index contributed by atoms with van der Waals surface area (Å²) in [5.74, 6) is 1.34. The summed E-state index contributed by atoms with van der Waals surface area (Å²) in [4.78, 5) is 15.9. The quantitative estimate of drug-likeness (QED) is 0.692. The van der Waals surface area contributed by atoms with Crippen LogP contribution in [-0.2, 0) is 4.74 Å². The number of ether oxygens (including phenoxy) is 1. The minimum Gasteiger partial charge on any atom is -0.455 e. The van der Waals surface area contributed by atoms with Crippen LogP contribution in [0.3, 0.4) is 0 Å². The van der Waals surface area contributed by atoms with Gasteiger partial charge in [-0.3, -0.25) is 15.2 Å². The molecule has 3 fully saturated rings. The van der Waals surface area contributed by atoms with E-state index >= 15 is 0 Å². The average molecular weight is 285 g/mol. The Labute approximate surface area is 125 Å². The summed E-state index contributed by atoms with van der Waals surface area (Å²) in [6, 6.07) is 0.598. The van der Waals surface area contributed by atoms with Gasteiger partial charge in [-0.2, -0.15) is 0 Å². The Morgan fingerprint density at radius 1 is 1.43 bits per heavy atom. The molecule has 0 radical (unpaired) electrons. The fourth-order valence-corrected chi connectivity index (χ4v) is 3.66. The van der Waals surface area contributed by atoms with Crippen LogP contribution in [0.4, 0.5) is 5.82 Å². The number of hydrogen-bond acceptors (Lipinski definition) is 6. The first-order chi connectivity index (χ1) is 10.1. The van der Waals surface area contributed by atoms with Gasteiger partial charge in [-0.05, 0) is 32.9 Å². The van der Waals surface area contributed by atoms with Crippen molar-refractivity contribution in [2.24, 2.45) is 10.9 Å². The molecule has 21 heavy (non-hydrogen) atoms. The second kappa shape index (κ2) is 4.69. The van der Waals surface area contributed by atoms with Gasteiger partial charge in [0.05, 0.1) is 18.4 Å². The fraction of sp³-hybridized carbons (Fsp3) is 0.643. The summed E-state index contributed by atoms with van der Waals surface area (Å²) in [5.41, 5.74) is 1.77. The van der Waals surface area contributed by atoms with Gasteiger partial charge in [0.25, 0.3) is 6.02 Å². The van der Waals surface area contributed by atoms with E-state index in [2.05, 4.69) is 25.2 Å². The number of nitrogens with one attached hydrogen (secondary N) is 1. The smallest absolute Gasteiger partial charge is 0.291 e. The Morgan fingerprint density at radius 3 is 2.90 bits per heavy atom. The van der Waals surface area contributed by atoms with E-state index in [4.69, 9.17) is 4.74 Å². The Kier molecular flexibility index (Phi) is 2.92. The maximum absolute atomic E-state index is 6.23. The topological polar surface area (TPSA) is 62.6 Å². The van der Waals surface area contributed by atoms with Crippen molar-refractivity contribution in [3.05, 3.63) is 11.9 Å². The zero-order chi connectivity index (χ0) is 14.4. The third kappa shape index (κ3) is 2.20. The second-order valence-corrected chi connectivity index (χ2v) is 6.39. The molecule has 3 saturated heterocycles. The third-order valence-corrected chi connectivity index (χ3v) is 5.04. The van der Waals surface area contributed by atoms with Crippen LogP contribution in [0.25, 0.3) is 0 Å². The predicted octanol–water partition coefficient (Wildman–Crippen LogP) is -0.694. The van der Waals surface area contributed by atoms with Crippen LogP contribution in [0.2, 0.25) is 0 Å². The molecule has 4 aliphatic heterocycles. The van der Waals surface area contributed by atoms with Crippen LogP contribution >= 0.6 is 0 Å². The Balaban J connectivity index is 1.47. The van der Waals surface area contributed by atoms with E-state index in [1.54, 1.807) is 6.20 Å². The number of aryl methyl sites for hydroxylation is 1. The number of nitrogens with zero attached hydrogens (tertiary/aromatic N) is 4. The summed E-state index contributed by atoms with van der Waals surface area (Å²) >= 11 is 0. The van der Waals surface area contributed by atoms with Gasteiger partial charge < -0.3 is 4.74 Å². The monoisotopic (exact) mass is 285 g/mol. The number of hydrogen-bond donors (Lipinski definition) is 1. The molecule has 0 aliphatic carbocycles.